The van der Waals surface area contributed by atoms with E-state index in [0.717, 1.165) is 42.2 Å². The van der Waals surface area contributed by atoms with E-state index in [1.54, 1.807) is 4.90 Å². The SMILES string of the molecule is CC(C)(C)c1ccc(-c2nnc(SCC(=O)N3CCCC[C@H]3C(N)=O)n2C2CCCC2)cc1. The van der Waals surface area contributed by atoms with Crippen molar-refractivity contribution in [2.24, 2.45) is 5.73 Å². The number of benzene rings is 1. The molecule has 1 saturated carbocycles. The number of rotatable bonds is 6. The predicted molar refractivity (Wildman–Crippen MR) is 131 cm³/mol. The van der Waals surface area contributed by atoms with E-state index in [1.807, 2.05) is 0 Å². The number of amides is 2. The molecule has 2 amide bonds. The van der Waals surface area contributed by atoms with Crippen LogP contribution in [0.4, 0.5) is 0 Å². The highest BCUT2D eigenvalue weighted by Gasteiger charge is 2.31. The lowest BCUT2D eigenvalue weighted by Gasteiger charge is -2.33. The minimum Gasteiger partial charge on any atom is -0.368 e. The van der Waals surface area contributed by atoms with Gasteiger partial charge in [-0.05, 0) is 43.1 Å². The Morgan fingerprint density at radius 3 is 2.33 bits per heavy atom. The summed E-state index contributed by atoms with van der Waals surface area (Å²) in [7, 11) is 0. The van der Waals surface area contributed by atoms with Crippen LogP contribution >= 0.6 is 11.8 Å². The lowest BCUT2D eigenvalue weighted by molar-refractivity contribution is -0.138. The third kappa shape index (κ3) is 5.26. The lowest BCUT2D eigenvalue weighted by Crippen LogP contribution is -2.51. The lowest BCUT2D eigenvalue weighted by atomic mass is 9.86. The maximum atomic E-state index is 13.0. The fourth-order valence-electron chi connectivity index (χ4n) is 4.92. The van der Waals surface area contributed by atoms with Crippen molar-refractivity contribution >= 4 is 23.6 Å². The number of hydrogen-bond donors (Lipinski definition) is 1. The zero-order valence-corrected chi connectivity index (χ0v) is 20.7. The number of aromatic nitrogens is 3. The van der Waals surface area contributed by atoms with E-state index in [4.69, 9.17) is 5.73 Å². The van der Waals surface area contributed by atoms with Crippen molar-refractivity contribution in [1.82, 2.24) is 19.7 Å². The van der Waals surface area contributed by atoms with Crippen molar-refractivity contribution in [3.63, 3.8) is 0 Å². The van der Waals surface area contributed by atoms with Crippen LogP contribution in [0.1, 0.15) is 77.3 Å². The Hall–Kier alpha value is -2.35. The zero-order chi connectivity index (χ0) is 23.6. The first-order valence-electron chi connectivity index (χ1n) is 12.0. The number of likely N-dealkylation sites (tertiary alicyclic amines) is 1. The Morgan fingerprint density at radius 1 is 1.03 bits per heavy atom. The third-order valence-corrected chi connectivity index (χ3v) is 7.77. The summed E-state index contributed by atoms with van der Waals surface area (Å²) < 4.78 is 2.23. The minimum absolute atomic E-state index is 0.0550. The zero-order valence-electron chi connectivity index (χ0n) is 19.9. The summed E-state index contributed by atoms with van der Waals surface area (Å²) in [6.45, 7) is 7.22. The molecule has 33 heavy (non-hydrogen) atoms. The Morgan fingerprint density at radius 2 is 1.70 bits per heavy atom. The van der Waals surface area contributed by atoms with Crippen LogP contribution in [0.15, 0.2) is 29.4 Å². The molecule has 1 aliphatic carbocycles. The van der Waals surface area contributed by atoms with Gasteiger partial charge in [0.25, 0.3) is 0 Å². The molecule has 0 spiro atoms. The van der Waals surface area contributed by atoms with Gasteiger partial charge in [-0.2, -0.15) is 0 Å². The van der Waals surface area contributed by atoms with E-state index in [-0.39, 0.29) is 17.1 Å². The van der Waals surface area contributed by atoms with Gasteiger partial charge in [0.05, 0.1) is 5.75 Å². The number of hydrogen-bond acceptors (Lipinski definition) is 5. The molecule has 2 aromatic rings. The maximum Gasteiger partial charge on any atom is 0.240 e. The van der Waals surface area contributed by atoms with Crippen LogP contribution in [0.5, 0.6) is 0 Å². The average Bonchev–Trinajstić information content (AvgIpc) is 3.46. The molecule has 4 rings (SSSR count). The Balaban J connectivity index is 1.55. The van der Waals surface area contributed by atoms with Gasteiger partial charge in [0, 0.05) is 18.2 Å². The van der Waals surface area contributed by atoms with Crippen LogP contribution in [0.2, 0.25) is 0 Å². The van der Waals surface area contributed by atoms with Gasteiger partial charge in [-0.3, -0.25) is 14.2 Å². The van der Waals surface area contributed by atoms with Gasteiger partial charge in [0.15, 0.2) is 11.0 Å². The number of piperidine rings is 1. The summed E-state index contributed by atoms with van der Waals surface area (Å²) >= 11 is 1.42. The van der Waals surface area contributed by atoms with Gasteiger partial charge in [0.1, 0.15) is 6.04 Å². The molecule has 0 unspecified atom stereocenters. The fourth-order valence-corrected chi connectivity index (χ4v) is 5.81. The standard InChI is InChI=1S/C25H35N5O2S/c1-25(2,3)18-13-11-17(12-14-18)23-27-28-24(30(23)19-8-4-5-9-19)33-16-21(31)29-15-7-6-10-20(29)22(26)32/h11-14,19-20H,4-10,15-16H2,1-3H3,(H2,26,32)/t20-/m0/s1. The number of nitrogens with zero attached hydrogens (tertiary/aromatic N) is 4. The maximum absolute atomic E-state index is 13.0. The van der Waals surface area contributed by atoms with Gasteiger partial charge in [-0.25, -0.2) is 0 Å². The van der Waals surface area contributed by atoms with Gasteiger partial charge in [-0.15, -0.1) is 10.2 Å². The molecule has 2 aliphatic rings. The molecule has 1 aromatic carbocycles. The number of carbonyl (C=O) groups excluding carboxylic acids is 2. The summed E-state index contributed by atoms with van der Waals surface area (Å²) in [6, 6.07) is 8.45. The van der Waals surface area contributed by atoms with Gasteiger partial charge in [0.2, 0.25) is 11.8 Å². The van der Waals surface area contributed by atoms with Crippen molar-refractivity contribution in [2.45, 2.75) is 88.4 Å². The Bertz CT molecular complexity index is 989. The molecule has 2 N–H and O–H groups in total. The Kier molecular flexibility index (Phi) is 7.12. The summed E-state index contributed by atoms with van der Waals surface area (Å²) in [6.07, 6.45) is 7.08. The highest BCUT2D eigenvalue weighted by atomic mass is 32.2. The van der Waals surface area contributed by atoms with E-state index in [9.17, 15) is 9.59 Å². The van der Waals surface area contributed by atoms with Crippen LogP contribution in [0, 0.1) is 0 Å². The first kappa shape index (κ1) is 23.8. The van der Waals surface area contributed by atoms with E-state index in [2.05, 4.69) is 59.8 Å². The summed E-state index contributed by atoms with van der Waals surface area (Å²) in [4.78, 5) is 26.4. The van der Waals surface area contributed by atoms with Crippen LogP contribution in [0.25, 0.3) is 11.4 Å². The van der Waals surface area contributed by atoms with Crippen LogP contribution in [-0.4, -0.2) is 49.8 Å². The second-order valence-electron chi connectivity index (χ2n) is 10.2. The monoisotopic (exact) mass is 469 g/mol. The first-order valence-corrected chi connectivity index (χ1v) is 13.0. The topological polar surface area (TPSA) is 94.1 Å². The Labute approximate surface area is 200 Å². The summed E-state index contributed by atoms with van der Waals surface area (Å²) in [5.74, 6) is 0.631. The van der Waals surface area contributed by atoms with Gasteiger partial charge < -0.3 is 10.6 Å². The predicted octanol–water partition coefficient (Wildman–Crippen LogP) is 4.32. The van der Waals surface area contributed by atoms with Crippen LogP contribution < -0.4 is 5.73 Å². The summed E-state index contributed by atoms with van der Waals surface area (Å²) in [5.41, 5.74) is 7.97. The van der Waals surface area contributed by atoms with E-state index < -0.39 is 11.9 Å². The smallest absolute Gasteiger partial charge is 0.240 e. The van der Waals surface area contributed by atoms with Crippen molar-refractivity contribution in [2.75, 3.05) is 12.3 Å². The third-order valence-electron chi connectivity index (χ3n) is 6.84. The molecule has 1 saturated heterocycles. The number of carbonyl (C=O) groups is 2. The van der Waals surface area contributed by atoms with Crippen molar-refractivity contribution in [3.05, 3.63) is 29.8 Å². The van der Waals surface area contributed by atoms with Crippen LogP contribution in [-0.2, 0) is 15.0 Å². The second kappa shape index (κ2) is 9.87. The highest BCUT2D eigenvalue weighted by Crippen LogP contribution is 2.37. The first-order chi connectivity index (χ1) is 15.8. The number of primary amides is 1. The molecular formula is C25H35N5O2S. The number of thioether (sulfide) groups is 1. The molecule has 7 nitrogen and oxygen atoms in total. The molecule has 0 bridgehead atoms. The molecule has 1 atom stereocenters. The molecule has 8 heteroatoms. The molecule has 2 heterocycles. The molecule has 0 radical (unpaired) electrons. The van der Waals surface area contributed by atoms with E-state index in [0.29, 0.717) is 19.0 Å². The van der Waals surface area contributed by atoms with Gasteiger partial charge >= 0.3 is 0 Å². The molecule has 2 fully saturated rings. The van der Waals surface area contributed by atoms with Gasteiger partial charge in [-0.1, -0.05) is 69.6 Å². The van der Waals surface area contributed by atoms with Crippen molar-refractivity contribution in [3.8, 4) is 11.4 Å². The molecular weight excluding hydrogens is 434 g/mol. The number of nitrogens with two attached hydrogens (primary N) is 1. The largest absolute Gasteiger partial charge is 0.368 e. The fraction of sp³-hybridized carbons (Fsp3) is 0.600. The highest BCUT2D eigenvalue weighted by molar-refractivity contribution is 7.99. The summed E-state index contributed by atoms with van der Waals surface area (Å²) in [5, 5.41) is 9.82. The average molecular weight is 470 g/mol. The second-order valence-corrected chi connectivity index (χ2v) is 11.2. The van der Waals surface area contributed by atoms with Crippen LogP contribution in [0.3, 0.4) is 0 Å². The minimum atomic E-state index is -0.489. The van der Waals surface area contributed by atoms with E-state index in [1.165, 1.54) is 30.2 Å². The van der Waals surface area contributed by atoms with Crippen molar-refractivity contribution in [1.29, 1.82) is 0 Å². The molecule has 1 aliphatic heterocycles. The van der Waals surface area contributed by atoms with Crippen molar-refractivity contribution < 1.29 is 9.59 Å². The quantitative estimate of drug-likeness (QED) is 0.636. The molecule has 1 aromatic heterocycles. The molecule has 178 valence electrons. The normalized spacial score (nSPS) is 19.7. The van der Waals surface area contributed by atoms with E-state index >= 15 is 0 Å².